The lowest BCUT2D eigenvalue weighted by Gasteiger charge is -2.38. The van der Waals surface area contributed by atoms with Crippen molar-refractivity contribution in [1.82, 2.24) is 4.90 Å². The van der Waals surface area contributed by atoms with E-state index in [1.54, 1.807) is 11.1 Å². The fourth-order valence-corrected chi connectivity index (χ4v) is 2.59. The summed E-state index contributed by atoms with van der Waals surface area (Å²) < 4.78 is 0. The van der Waals surface area contributed by atoms with Gasteiger partial charge in [0.2, 0.25) is 0 Å². The van der Waals surface area contributed by atoms with Crippen molar-refractivity contribution in [3.8, 4) is 0 Å². The van der Waals surface area contributed by atoms with Crippen LogP contribution in [0.15, 0.2) is 18.2 Å². The number of aryl methyl sites for hydroxylation is 2. The highest BCUT2D eigenvalue weighted by atomic mass is 15.2. The smallest absolute Gasteiger partial charge is 0.0301 e. The van der Waals surface area contributed by atoms with Crippen LogP contribution in [0.4, 0.5) is 0 Å². The van der Waals surface area contributed by atoms with Crippen LogP contribution >= 0.6 is 0 Å². The Morgan fingerprint density at radius 2 is 1.89 bits per heavy atom. The van der Waals surface area contributed by atoms with E-state index in [0.29, 0.717) is 0 Å². The van der Waals surface area contributed by atoms with E-state index in [4.69, 9.17) is 5.73 Å². The molecule has 2 rings (SSSR count). The molecule has 2 heteroatoms. The van der Waals surface area contributed by atoms with E-state index in [0.717, 1.165) is 6.42 Å². The maximum atomic E-state index is 6.39. The molecule has 0 aromatic heterocycles. The molecule has 1 aromatic rings. The van der Waals surface area contributed by atoms with E-state index in [1.165, 1.54) is 24.8 Å². The molecule has 1 atom stereocenters. The second kappa shape index (κ2) is 5.02. The van der Waals surface area contributed by atoms with E-state index in [-0.39, 0.29) is 11.6 Å². The van der Waals surface area contributed by atoms with E-state index in [2.05, 4.69) is 51.0 Å². The Labute approximate surface area is 111 Å². The molecule has 0 bridgehead atoms. The molecule has 1 aliphatic carbocycles. The van der Waals surface area contributed by atoms with Crippen LogP contribution in [-0.4, -0.2) is 30.6 Å². The number of nitrogens with two attached hydrogens (primary N) is 1. The maximum absolute atomic E-state index is 6.39. The predicted molar refractivity (Wildman–Crippen MR) is 77.9 cm³/mol. The lowest BCUT2D eigenvalue weighted by molar-refractivity contribution is 0.158. The molecule has 1 unspecified atom stereocenters. The summed E-state index contributed by atoms with van der Waals surface area (Å²) in [7, 11) is 4.20. The maximum Gasteiger partial charge on any atom is 0.0301 e. The summed E-state index contributed by atoms with van der Waals surface area (Å²) in [5, 5.41) is 0. The normalized spacial score (nSPS) is 17.0. The van der Waals surface area contributed by atoms with Crippen molar-refractivity contribution < 1.29 is 0 Å². The van der Waals surface area contributed by atoms with E-state index < -0.39 is 0 Å². The molecular weight excluding hydrogens is 220 g/mol. The van der Waals surface area contributed by atoms with Crippen molar-refractivity contribution in [3.63, 3.8) is 0 Å². The molecule has 1 aliphatic rings. The Balaban J connectivity index is 2.10. The van der Waals surface area contributed by atoms with Gasteiger partial charge in [-0.1, -0.05) is 18.2 Å². The van der Waals surface area contributed by atoms with Crippen LogP contribution in [-0.2, 0) is 19.3 Å². The molecule has 2 nitrogen and oxygen atoms in total. The van der Waals surface area contributed by atoms with Gasteiger partial charge in [-0.25, -0.2) is 0 Å². The zero-order valence-electron chi connectivity index (χ0n) is 12.2. The molecule has 0 amide bonds. The zero-order valence-corrected chi connectivity index (χ0v) is 12.2. The quantitative estimate of drug-likeness (QED) is 0.884. The molecule has 100 valence electrons. The Bertz CT molecular complexity index is 421. The van der Waals surface area contributed by atoms with E-state index >= 15 is 0 Å². The molecule has 0 saturated carbocycles. The molecule has 0 radical (unpaired) electrons. The van der Waals surface area contributed by atoms with Crippen LogP contribution < -0.4 is 5.73 Å². The van der Waals surface area contributed by atoms with Gasteiger partial charge in [-0.3, -0.25) is 0 Å². The summed E-state index contributed by atoms with van der Waals surface area (Å²) >= 11 is 0. The van der Waals surface area contributed by atoms with Gasteiger partial charge < -0.3 is 10.6 Å². The van der Waals surface area contributed by atoms with Crippen LogP contribution in [0, 0.1) is 0 Å². The second-order valence-corrected chi connectivity index (χ2v) is 6.32. The molecule has 0 saturated heterocycles. The van der Waals surface area contributed by atoms with Crippen molar-refractivity contribution in [1.29, 1.82) is 0 Å². The van der Waals surface area contributed by atoms with Gasteiger partial charge in [0, 0.05) is 11.6 Å². The van der Waals surface area contributed by atoms with Gasteiger partial charge in [0.25, 0.3) is 0 Å². The lowest BCUT2D eigenvalue weighted by atomic mass is 9.88. The molecule has 0 spiro atoms. The Morgan fingerprint density at radius 1 is 1.22 bits per heavy atom. The highest BCUT2D eigenvalue weighted by Crippen LogP contribution is 2.24. The Hall–Kier alpha value is -0.860. The summed E-state index contributed by atoms with van der Waals surface area (Å²) in [6, 6.07) is 7.09. The van der Waals surface area contributed by atoms with Gasteiger partial charge >= 0.3 is 0 Å². The first-order valence-corrected chi connectivity index (χ1v) is 6.95. The van der Waals surface area contributed by atoms with Gasteiger partial charge in [-0.05, 0) is 70.3 Å². The molecule has 0 aliphatic heterocycles. The van der Waals surface area contributed by atoms with Crippen LogP contribution in [0.1, 0.15) is 37.0 Å². The molecule has 18 heavy (non-hydrogen) atoms. The predicted octanol–water partition coefficient (Wildman–Crippen LogP) is 2.39. The molecule has 2 N–H and O–H groups in total. The van der Waals surface area contributed by atoms with Gasteiger partial charge in [0.05, 0.1) is 0 Å². The van der Waals surface area contributed by atoms with Crippen LogP contribution in [0.25, 0.3) is 0 Å². The van der Waals surface area contributed by atoms with Crippen molar-refractivity contribution in [2.45, 2.75) is 51.1 Å². The summed E-state index contributed by atoms with van der Waals surface area (Å²) in [4.78, 5) is 2.21. The van der Waals surface area contributed by atoms with Crippen LogP contribution in [0.3, 0.4) is 0 Å². The summed E-state index contributed by atoms with van der Waals surface area (Å²) in [6.45, 7) is 4.43. The number of rotatable bonds is 4. The summed E-state index contributed by atoms with van der Waals surface area (Å²) in [6.07, 6.45) is 4.77. The number of hydrogen-bond donors (Lipinski definition) is 1. The van der Waals surface area contributed by atoms with Crippen LogP contribution in [0.5, 0.6) is 0 Å². The van der Waals surface area contributed by atoms with Gasteiger partial charge in [-0.2, -0.15) is 0 Å². The lowest BCUT2D eigenvalue weighted by Crippen LogP contribution is -2.54. The average molecular weight is 246 g/mol. The van der Waals surface area contributed by atoms with Gasteiger partial charge in [-0.15, -0.1) is 0 Å². The fourth-order valence-electron chi connectivity index (χ4n) is 2.59. The van der Waals surface area contributed by atoms with Crippen molar-refractivity contribution in [3.05, 3.63) is 34.9 Å². The first kappa shape index (κ1) is 13.6. The third kappa shape index (κ3) is 2.60. The third-order valence-electron chi connectivity index (χ3n) is 4.68. The van der Waals surface area contributed by atoms with E-state index in [1.807, 2.05) is 0 Å². The molecule has 1 aromatic carbocycles. The largest absolute Gasteiger partial charge is 0.326 e. The summed E-state index contributed by atoms with van der Waals surface area (Å²) in [5.74, 6) is 0. The standard InChI is InChI=1S/C16H26N2/c1-16(2,18(3)4)15(17)11-12-8-9-13-6-5-7-14(13)10-12/h8-10,15H,5-7,11,17H2,1-4H3. The third-order valence-corrected chi connectivity index (χ3v) is 4.68. The number of fused-ring (bicyclic) bond motifs is 1. The Morgan fingerprint density at radius 3 is 2.56 bits per heavy atom. The van der Waals surface area contributed by atoms with Crippen molar-refractivity contribution in [2.75, 3.05) is 14.1 Å². The molecular formula is C16H26N2. The first-order valence-electron chi connectivity index (χ1n) is 6.95. The monoisotopic (exact) mass is 246 g/mol. The highest BCUT2D eigenvalue weighted by molar-refractivity contribution is 5.35. The first-order chi connectivity index (χ1) is 8.41. The average Bonchev–Trinajstić information content (AvgIpc) is 2.75. The fraction of sp³-hybridized carbons (Fsp3) is 0.625. The minimum atomic E-state index is 0.0268. The van der Waals surface area contributed by atoms with Gasteiger partial charge in [0.15, 0.2) is 0 Å². The zero-order chi connectivity index (χ0) is 13.3. The molecule has 0 heterocycles. The Kier molecular flexibility index (Phi) is 3.79. The minimum absolute atomic E-state index is 0.0268. The van der Waals surface area contributed by atoms with Gasteiger partial charge in [0.1, 0.15) is 0 Å². The SMILES string of the molecule is CN(C)C(C)(C)C(N)Cc1ccc2c(c1)CCC2. The topological polar surface area (TPSA) is 29.3 Å². The van der Waals surface area contributed by atoms with Crippen LogP contribution in [0.2, 0.25) is 0 Å². The minimum Gasteiger partial charge on any atom is -0.326 e. The number of hydrogen-bond acceptors (Lipinski definition) is 2. The highest BCUT2D eigenvalue weighted by Gasteiger charge is 2.28. The number of likely N-dealkylation sites (N-methyl/N-ethyl adjacent to an activating group) is 1. The van der Waals surface area contributed by atoms with E-state index in [9.17, 15) is 0 Å². The number of benzene rings is 1. The van der Waals surface area contributed by atoms with Crippen molar-refractivity contribution in [2.24, 2.45) is 5.73 Å². The second-order valence-electron chi connectivity index (χ2n) is 6.32. The molecule has 0 fully saturated rings. The number of nitrogens with zero attached hydrogens (tertiary/aromatic N) is 1. The van der Waals surface area contributed by atoms with Crippen molar-refractivity contribution >= 4 is 0 Å². The summed E-state index contributed by atoms with van der Waals surface area (Å²) in [5.41, 5.74) is 10.9.